The molecule has 31 heavy (non-hydrogen) atoms. The van der Waals surface area contributed by atoms with Crippen molar-refractivity contribution in [3.63, 3.8) is 0 Å². The first-order valence-electron chi connectivity index (χ1n) is 10.3. The number of fused-ring (bicyclic) bond motifs is 4. The van der Waals surface area contributed by atoms with Crippen molar-refractivity contribution in [3.05, 3.63) is 80.0 Å². The van der Waals surface area contributed by atoms with Gasteiger partial charge in [-0.25, -0.2) is 4.98 Å². The Bertz CT molecular complexity index is 1010. The highest BCUT2D eigenvalue weighted by Gasteiger charge is 2.52. The van der Waals surface area contributed by atoms with E-state index in [-0.39, 0.29) is 22.8 Å². The van der Waals surface area contributed by atoms with E-state index in [0.29, 0.717) is 16.7 Å². The van der Waals surface area contributed by atoms with E-state index in [1.165, 1.54) is 0 Å². The maximum Gasteiger partial charge on any atom is 0.305 e. The van der Waals surface area contributed by atoms with Crippen LogP contribution in [0.2, 0.25) is 10.2 Å². The number of piperidine rings is 1. The number of hydrazine groups is 1. The van der Waals surface area contributed by atoms with Crippen molar-refractivity contribution in [1.29, 1.82) is 0 Å². The lowest BCUT2D eigenvalue weighted by atomic mass is 9.94. The second kappa shape index (κ2) is 8.18. The Balaban J connectivity index is 1.49. The molecule has 2 saturated heterocycles. The lowest BCUT2D eigenvalue weighted by Crippen LogP contribution is -2.61. The van der Waals surface area contributed by atoms with Gasteiger partial charge in [-0.1, -0.05) is 29.3 Å². The number of rotatable bonds is 5. The van der Waals surface area contributed by atoms with Gasteiger partial charge in [0.25, 0.3) is 0 Å². The van der Waals surface area contributed by atoms with Gasteiger partial charge in [-0.15, -0.1) is 0 Å². The predicted octanol–water partition coefficient (Wildman–Crippen LogP) is 4.17. The summed E-state index contributed by atoms with van der Waals surface area (Å²) in [5, 5.41) is 15.4. The largest absolute Gasteiger partial charge is 0.347 e. The Morgan fingerprint density at radius 3 is 2.65 bits per heavy atom. The lowest BCUT2D eigenvalue weighted by Gasteiger charge is -2.49. The van der Waals surface area contributed by atoms with Crippen molar-refractivity contribution < 1.29 is 4.92 Å². The first-order chi connectivity index (χ1) is 15.0. The van der Waals surface area contributed by atoms with Gasteiger partial charge in [0.2, 0.25) is 0 Å². The highest BCUT2D eigenvalue weighted by atomic mass is 35.5. The second-order valence-corrected chi connectivity index (χ2v) is 8.85. The molecule has 2 unspecified atom stereocenters. The predicted molar refractivity (Wildman–Crippen MR) is 119 cm³/mol. The van der Waals surface area contributed by atoms with Gasteiger partial charge in [-0.05, 0) is 55.2 Å². The van der Waals surface area contributed by atoms with Crippen LogP contribution in [-0.4, -0.2) is 50.0 Å². The number of anilines is 1. The second-order valence-electron chi connectivity index (χ2n) is 8.02. The molecule has 1 aromatic heterocycles. The van der Waals surface area contributed by atoms with E-state index in [9.17, 15) is 10.1 Å². The number of nitrogens with zero attached hydrogens (tertiary/aromatic N) is 5. The summed E-state index contributed by atoms with van der Waals surface area (Å²) in [5.41, 5.74) is 5.54. The van der Waals surface area contributed by atoms with Gasteiger partial charge in [0, 0.05) is 36.5 Å². The molecule has 1 N–H and O–H groups in total. The molecule has 3 aliphatic heterocycles. The molecule has 2 atom stereocenters. The summed E-state index contributed by atoms with van der Waals surface area (Å²) in [5.74, 6) is 0.740. The van der Waals surface area contributed by atoms with Crippen LogP contribution in [0.15, 0.2) is 54.1 Å². The number of halogens is 2. The first kappa shape index (κ1) is 20.4. The van der Waals surface area contributed by atoms with Gasteiger partial charge in [-0.3, -0.25) is 10.1 Å². The van der Waals surface area contributed by atoms with E-state index < -0.39 is 0 Å². The van der Waals surface area contributed by atoms with E-state index in [1.807, 2.05) is 30.3 Å². The smallest absolute Gasteiger partial charge is 0.305 e. The molecule has 0 saturated carbocycles. The minimum Gasteiger partial charge on any atom is -0.347 e. The summed E-state index contributed by atoms with van der Waals surface area (Å²) in [6.07, 6.45) is 4.43. The highest BCUT2D eigenvalue weighted by molar-refractivity contribution is 6.30. The molecule has 2 fully saturated rings. The SMILES string of the molecule is O=[N+]([O-])C1=C2N(Cc3ccc(Cl)nc3)CCN2C2CCCC1N2Nc1ccc(Cl)cc1. The van der Waals surface area contributed by atoms with Crippen LogP contribution in [0.1, 0.15) is 24.8 Å². The molecule has 8 nitrogen and oxygen atoms in total. The molecule has 3 aliphatic rings. The maximum absolute atomic E-state index is 12.3. The van der Waals surface area contributed by atoms with Crippen LogP contribution in [0, 0.1) is 10.1 Å². The summed E-state index contributed by atoms with van der Waals surface area (Å²) < 4.78 is 0. The molecule has 1 aromatic carbocycles. The number of aromatic nitrogens is 1. The number of hydrogen-bond donors (Lipinski definition) is 1. The minimum atomic E-state index is -0.306. The van der Waals surface area contributed by atoms with Crippen LogP contribution in [0.3, 0.4) is 0 Å². The third kappa shape index (κ3) is 3.79. The molecular weight excluding hydrogens is 439 g/mol. The topological polar surface area (TPSA) is 77.8 Å². The minimum absolute atomic E-state index is 0.0569. The van der Waals surface area contributed by atoms with Crippen LogP contribution in [-0.2, 0) is 6.54 Å². The van der Waals surface area contributed by atoms with Crippen molar-refractivity contribution in [2.75, 3.05) is 18.5 Å². The van der Waals surface area contributed by atoms with Crippen LogP contribution in [0.4, 0.5) is 5.69 Å². The highest BCUT2D eigenvalue weighted by Crippen LogP contribution is 2.41. The lowest BCUT2D eigenvalue weighted by molar-refractivity contribution is -0.440. The molecule has 10 heteroatoms. The number of nitrogens with one attached hydrogen (secondary N) is 1. The Kier molecular flexibility index (Phi) is 5.37. The Hall–Kier alpha value is -2.55. The van der Waals surface area contributed by atoms with E-state index in [4.69, 9.17) is 23.2 Å². The van der Waals surface area contributed by atoms with Crippen molar-refractivity contribution in [3.8, 4) is 0 Å². The van der Waals surface area contributed by atoms with Crippen molar-refractivity contribution in [1.82, 2.24) is 19.8 Å². The summed E-state index contributed by atoms with van der Waals surface area (Å²) in [4.78, 5) is 20.5. The van der Waals surface area contributed by atoms with Gasteiger partial charge in [0.15, 0.2) is 5.82 Å². The zero-order valence-electron chi connectivity index (χ0n) is 16.7. The van der Waals surface area contributed by atoms with Crippen LogP contribution in [0.25, 0.3) is 0 Å². The van der Waals surface area contributed by atoms with Crippen molar-refractivity contribution in [2.24, 2.45) is 0 Å². The Labute approximate surface area is 190 Å². The number of benzene rings is 1. The average Bonchev–Trinajstić information content (AvgIpc) is 3.14. The average molecular weight is 461 g/mol. The van der Waals surface area contributed by atoms with Gasteiger partial charge >= 0.3 is 5.70 Å². The fourth-order valence-electron chi connectivity index (χ4n) is 4.83. The quantitative estimate of drug-likeness (QED) is 0.407. The standard InChI is InChI=1S/C21H22Cl2N6O2/c22-15-5-7-16(8-6-15)25-28-17-2-1-3-19(28)27-11-10-26(21(27)20(17)29(30)31)13-14-4-9-18(23)24-12-14/h4-9,12,17,19,25H,1-3,10-11,13H2. The fourth-order valence-corrected chi connectivity index (χ4v) is 5.07. The van der Waals surface area contributed by atoms with E-state index >= 15 is 0 Å². The molecule has 5 rings (SSSR count). The molecule has 2 bridgehead atoms. The fraction of sp³-hybridized carbons (Fsp3) is 0.381. The third-order valence-electron chi connectivity index (χ3n) is 6.14. The zero-order valence-corrected chi connectivity index (χ0v) is 18.3. The van der Waals surface area contributed by atoms with Gasteiger partial charge in [-0.2, -0.15) is 5.01 Å². The van der Waals surface area contributed by atoms with Gasteiger partial charge in [0.05, 0.1) is 4.92 Å². The molecule has 0 amide bonds. The van der Waals surface area contributed by atoms with Crippen LogP contribution in [0.5, 0.6) is 0 Å². The first-order valence-corrected chi connectivity index (χ1v) is 11.1. The van der Waals surface area contributed by atoms with Crippen molar-refractivity contribution in [2.45, 2.75) is 38.0 Å². The summed E-state index contributed by atoms with van der Waals surface area (Å²) >= 11 is 11.9. The zero-order chi connectivity index (χ0) is 21.5. The monoisotopic (exact) mass is 460 g/mol. The molecule has 162 valence electrons. The van der Waals surface area contributed by atoms with Crippen LogP contribution < -0.4 is 5.43 Å². The van der Waals surface area contributed by atoms with Crippen molar-refractivity contribution >= 4 is 28.9 Å². The molecule has 0 spiro atoms. The molecule has 0 aliphatic carbocycles. The van der Waals surface area contributed by atoms with Crippen LogP contribution >= 0.6 is 23.2 Å². The molecule has 2 aromatic rings. The summed E-state index contributed by atoms with van der Waals surface area (Å²) in [6.45, 7) is 2.04. The normalized spacial score (nSPS) is 23.2. The molecular formula is C21H22Cl2N6O2. The number of nitro groups is 1. The maximum atomic E-state index is 12.3. The molecule has 4 heterocycles. The summed E-state index contributed by atoms with van der Waals surface area (Å²) in [6, 6.07) is 10.8. The number of hydrogen-bond acceptors (Lipinski definition) is 7. The Morgan fingerprint density at radius 2 is 1.94 bits per heavy atom. The molecule has 0 radical (unpaired) electrons. The number of pyridine rings is 1. The summed E-state index contributed by atoms with van der Waals surface area (Å²) in [7, 11) is 0. The van der Waals surface area contributed by atoms with E-state index in [0.717, 1.165) is 49.4 Å². The Morgan fingerprint density at radius 1 is 1.13 bits per heavy atom. The van der Waals surface area contributed by atoms with E-state index in [1.54, 1.807) is 12.3 Å². The van der Waals surface area contributed by atoms with E-state index in [2.05, 4.69) is 25.2 Å². The van der Waals surface area contributed by atoms with Gasteiger partial charge in [0.1, 0.15) is 17.4 Å². The third-order valence-corrected chi connectivity index (χ3v) is 6.62. The van der Waals surface area contributed by atoms with Gasteiger partial charge < -0.3 is 15.2 Å².